The number of hydrogen-bond acceptors (Lipinski definition) is 5. The summed E-state index contributed by atoms with van der Waals surface area (Å²) >= 11 is 0. The van der Waals surface area contributed by atoms with Crippen LogP contribution in [0.25, 0.3) is 11.4 Å². The van der Waals surface area contributed by atoms with Gasteiger partial charge >= 0.3 is 0 Å². The van der Waals surface area contributed by atoms with E-state index in [0.29, 0.717) is 18.1 Å². The van der Waals surface area contributed by atoms with Gasteiger partial charge in [-0.15, -0.1) is 0 Å². The van der Waals surface area contributed by atoms with Gasteiger partial charge in [0.25, 0.3) is 0 Å². The van der Waals surface area contributed by atoms with Gasteiger partial charge in [-0.1, -0.05) is 24.4 Å². The predicted molar refractivity (Wildman–Crippen MR) is 71.2 cm³/mol. The topological polar surface area (TPSA) is 77.8 Å². The van der Waals surface area contributed by atoms with Gasteiger partial charge in [-0.25, -0.2) is 0 Å². The summed E-state index contributed by atoms with van der Waals surface area (Å²) in [5.74, 6) is 1.24. The number of rotatable bonds is 3. The molecule has 0 atom stereocenters. The molecule has 1 saturated carbocycles. The van der Waals surface area contributed by atoms with Crippen molar-refractivity contribution in [1.82, 2.24) is 15.1 Å². The van der Waals surface area contributed by atoms with E-state index in [1.165, 1.54) is 19.3 Å². The van der Waals surface area contributed by atoms with Crippen molar-refractivity contribution in [2.24, 2.45) is 5.73 Å². The highest BCUT2D eigenvalue weighted by Crippen LogP contribution is 2.29. The summed E-state index contributed by atoms with van der Waals surface area (Å²) < 4.78 is 5.33. The average Bonchev–Trinajstić information content (AvgIpc) is 2.88. The fourth-order valence-electron chi connectivity index (χ4n) is 2.68. The average molecular weight is 258 g/mol. The van der Waals surface area contributed by atoms with E-state index in [1.807, 2.05) is 12.1 Å². The smallest absolute Gasteiger partial charge is 0.228 e. The Balaban J connectivity index is 1.75. The minimum absolute atomic E-state index is 0.166. The van der Waals surface area contributed by atoms with Crippen molar-refractivity contribution in [3.8, 4) is 11.4 Å². The highest BCUT2D eigenvalue weighted by atomic mass is 16.5. The van der Waals surface area contributed by atoms with Crippen LogP contribution in [0.3, 0.4) is 0 Å². The molecule has 0 amide bonds. The van der Waals surface area contributed by atoms with Crippen molar-refractivity contribution in [1.29, 1.82) is 0 Å². The lowest BCUT2D eigenvalue weighted by Crippen LogP contribution is -2.43. The Hall–Kier alpha value is -1.75. The monoisotopic (exact) mass is 258 g/mol. The SMILES string of the molecule is NC1(Cc2nc(-c3ccncc3)no2)CCCCC1. The molecule has 1 fully saturated rings. The van der Waals surface area contributed by atoms with Gasteiger partial charge in [0.1, 0.15) is 0 Å². The lowest BCUT2D eigenvalue weighted by atomic mass is 9.80. The third kappa shape index (κ3) is 2.81. The van der Waals surface area contributed by atoms with Gasteiger partial charge in [-0.05, 0) is 25.0 Å². The molecule has 2 heterocycles. The molecule has 19 heavy (non-hydrogen) atoms. The summed E-state index contributed by atoms with van der Waals surface area (Å²) in [4.78, 5) is 8.41. The fraction of sp³-hybridized carbons (Fsp3) is 0.500. The molecule has 1 aliphatic rings. The summed E-state index contributed by atoms with van der Waals surface area (Å²) in [5.41, 5.74) is 7.15. The summed E-state index contributed by atoms with van der Waals surface area (Å²) in [6.07, 6.45) is 9.87. The molecule has 0 aliphatic heterocycles. The molecule has 0 spiro atoms. The highest BCUT2D eigenvalue weighted by molar-refractivity contribution is 5.52. The number of hydrogen-bond donors (Lipinski definition) is 1. The Morgan fingerprint density at radius 3 is 2.63 bits per heavy atom. The van der Waals surface area contributed by atoms with Crippen molar-refractivity contribution in [2.45, 2.75) is 44.1 Å². The van der Waals surface area contributed by atoms with E-state index in [1.54, 1.807) is 12.4 Å². The first-order valence-electron chi connectivity index (χ1n) is 6.77. The first-order chi connectivity index (χ1) is 9.25. The molecule has 1 aliphatic carbocycles. The van der Waals surface area contributed by atoms with Crippen LogP contribution in [0.4, 0.5) is 0 Å². The minimum Gasteiger partial charge on any atom is -0.339 e. The lowest BCUT2D eigenvalue weighted by molar-refractivity contribution is 0.261. The Morgan fingerprint density at radius 2 is 1.89 bits per heavy atom. The molecule has 2 aromatic heterocycles. The van der Waals surface area contributed by atoms with Crippen LogP contribution in [0.5, 0.6) is 0 Å². The standard InChI is InChI=1S/C14H18N4O/c15-14(6-2-1-3-7-14)10-12-17-13(18-19-12)11-4-8-16-9-5-11/h4-5,8-9H,1-3,6-7,10,15H2. The molecular formula is C14H18N4O. The van der Waals surface area contributed by atoms with E-state index in [9.17, 15) is 0 Å². The van der Waals surface area contributed by atoms with Gasteiger partial charge < -0.3 is 10.3 Å². The molecule has 0 unspecified atom stereocenters. The van der Waals surface area contributed by atoms with E-state index >= 15 is 0 Å². The fourth-order valence-corrected chi connectivity index (χ4v) is 2.68. The maximum absolute atomic E-state index is 6.40. The van der Waals surface area contributed by atoms with E-state index in [2.05, 4.69) is 15.1 Å². The summed E-state index contributed by atoms with van der Waals surface area (Å²) in [7, 11) is 0. The van der Waals surface area contributed by atoms with Crippen LogP contribution in [-0.2, 0) is 6.42 Å². The lowest BCUT2D eigenvalue weighted by Gasteiger charge is -2.31. The van der Waals surface area contributed by atoms with Gasteiger partial charge in [-0.3, -0.25) is 4.98 Å². The van der Waals surface area contributed by atoms with Gasteiger partial charge in [0.05, 0.1) is 0 Å². The molecule has 0 aromatic carbocycles. The van der Waals surface area contributed by atoms with Gasteiger partial charge in [0.2, 0.25) is 11.7 Å². The highest BCUT2D eigenvalue weighted by Gasteiger charge is 2.30. The zero-order chi connectivity index (χ0) is 13.1. The van der Waals surface area contributed by atoms with Gasteiger partial charge in [0, 0.05) is 29.9 Å². The van der Waals surface area contributed by atoms with Crippen LogP contribution >= 0.6 is 0 Å². The third-order valence-corrected chi connectivity index (χ3v) is 3.76. The van der Waals surface area contributed by atoms with Crippen LogP contribution in [0.1, 0.15) is 38.0 Å². The van der Waals surface area contributed by atoms with E-state index in [-0.39, 0.29) is 5.54 Å². The molecule has 3 rings (SSSR count). The second-order valence-electron chi connectivity index (χ2n) is 5.35. The maximum Gasteiger partial charge on any atom is 0.228 e. The van der Waals surface area contributed by atoms with E-state index < -0.39 is 0 Å². The molecule has 5 nitrogen and oxygen atoms in total. The molecule has 2 aromatic rings. The molecule has 2 N–H and O–H groups in total. The Bertz CT molecular complexity index is 531. The van der Waals surface area contributed by atoms with E-state index in [4.69, 9.17) is 10.3 Å². The first kappa shape index (κ1) is 12.3. The van der Waals surface area contributed by atoms with Crippen molar-refractivity contribution in [3.63, 3.8) is 0 Å². The van der Waals surface area contributed by atoms with Crippen molar-refractivity contribution in [2.75, 3.05) is 0 Å². The zero-order valence-corrected chi connectivity index (χ0v) is 10.9. The number of pyridine rings is 1. The molecule has 0 bridgehead atoms. The predicted octanol–water partition coefficient (Wildman–Crippen LogP) is 2.34. The van der Waals surface area contributed by atoms with Crippen molar-refractivity contribution >= 4 is 0 Å². The van der Waals surface area contributed by atoms with Gasteiger partial charge in [-0.2, -0.15) is 4.98 Å². The first-order valence-corrected chi connectivity index (χ1v) is 6.77. The number of aromatic nitrogens is 3. The summed E-state index contributed by atoms with van der Waals surface area (Å²) in [6, 6.07) is 3.74. The number of nitrogens with two attached hydrogens (primary N) is 1. The van der Waals surface area contributed by atoms with Crippen molar-refractivity contribution < 1.29 is 4.52 Å². The second-order valence-corrected chi connectivity index (χ2v) is 5.35. The molecule has 100 valence electrons. The molecule has 5 heteroatoms. The van der Waals surface area contributed by atoms with E-state index in [0.717, 1.165) is 18.4 Å². The number of nitrogens with zero attached hydrogens (tertiary/aromatic N) is 3. The Kier molecular flexibility index (Phi) is 3.29. The van der Waals surface area contributed by atoms with Crippen molar-refractivity contribution in [3.05, 3.63) is 30.4 Å². The molecular weight excluding hydrogens is 240 g/mol. The minimum atomic E-state index is -0.166. The normalized spacial score (nSPS) is 18.4. The molecule has 0 radical (unpaired) electrons. The van der Waals surface area contributed by atoms with Gasteiger partial charge in [0.15, 0.2) is 0 Å². The van der Waals surface area contributed by atoms with Crippen LogP contribution in [0.15, 0.2) is 29.0 Å². The zero-order valence-electron chi connectivity index (χ0n) is 10.9. The second kappa shape index (κ2) is 5.09. The maximum atomic E-state index is 6.40. The largest absolute Gasteiger partial charge is 0.339 e. The summed E-state index contributed by atoms with van der Waals surface area (Å²) in [5, 5.41) is 4.01. The molecule has 0 saturated heterocycles. The summed E-state index contributed by atoms with van der Waals surface area (Å²) in [6.45, 7) is 0. The third-order valence-electron chi connectivity index (χ3n) is 3.76. The Morgan fingerprint density at radius 1 is 1.16 bits per heavy atom. The van der Waals surface area contributed by atoms with Crippen LogP contribution in [0, 0.1) is 0 Å². The quantitative estimate of drug-likeness (QED) is 0.914. The van der Waals surface area contributed by atoms with Crippen LogP contribution in [-0.4, -0.2) is 20.7 Å². The Labute approximate surface area is 112 Å². The van der Waals surface area contributed by atoms with Crippen LogP contribution in [0.2, 0.25) is 0 Å². The van der Waals surface area contributed by atoms with Crippen LogP contribution < -0.4 is 5.73 Å².